The van der Waals surface area contributed by atoms with Crippen LogP contribution in [0.1, 0.15) is 19.8 Å². The van der Waals surface area contributed by atoms with Crippen molar-refractivity contribution < 1.29 is 14.4 Å². The fraction of sp³-hybridized carbons (Fsp3) is 0.571. The molecule has 20 heavy (non-hydrogen) atoms. The largest absolute Gasteiger partial charge is 0.496 e. The van der Waals surface area contributed by atoms with Gasteiger partial charge in [0.1, 0.15) is 11.4 Å². The molecule has 1 fully saturated rings. The SMILES string of the molecule is COc1ccc(NCC2(C)CCOCC2)c([N+](=O)[O-])c1. The van der Waals surface area contributed by atoms with Crippen molar-refractivity contribution in [3.05, 3.63) is 28.3 Å². The molecule has 2 rings (SSSR count). The van der Waals surface area contributed by atoms with Crippen molar-refractivity contribution in [1.82, 2.24) is 0 Å². The van der Waals surface area contributed by atoms with E-state index in [9.17, 15) is 10.1 Å². The zero-order valence-electron chi connectivity index (χ0n) is 11.8. The molecule has 0 radical (unpaired) electrons. The van der Waals surface area contributed by atoms with Crippen LogP contribution in [-0.4, -0.2) is 31.8 Å². The quantitative estimate of drug-likeness (QED) is 0.663. The summed E-state index contributed by atoms with van der Waals surface area (Å²) in [5.41, 5.74) is 0.690. The van der Waals surface area contributed by atoms with E-state index in [4.69, 9.17) is 9.47 Å². The highest BCUT2D eigenvalue weighted by Crippen LogP contribution is 2.33. The highest BCUT2D eigenvalue weighted by molar-refractivity contribution is 5.63. The van der Waals surface area contributed by atoms with E-state index in [2.05, 4.69) is 12.2 Å². The van der Waals surface area contributed by atoms with Crippen LogP contribution in [0.25, 0.3) is 0 Å². The maximum atomic E-state index is 11.1. The lowest BCUT2D eigenvalue weighted by Crippen LogP contribution is -2.33. The van der Waals surface area contributed by atoms with Crippen molar-refractivity contribution in [2.75, 3.05) is 32.2 Å². The van der Waals surface area contributed by atoms with Gasteiger partial charge in [-0.3, -0.25) is 10.1 Å². The molecule has 1 aliphatic rings. The number of rotatable bonds is 5. The highest BCUT2D eigenvalue weighted by Gasteiger charge is 2.28. The summed E-state index contributed by atoms with van der Waals surface area (Å²) in [6.07, 6.45) is 1.92. The lowest BCUT2D eigenvalue weighted by Gasteiger charge is -2.33. The van der Waals surface area contributed by atoms with Crippen LogP contribution >= 0.6 is 0 Å². The number of benzene rings is 1. The van der Waals surface area contributed by atoms with E-state index >= 15 is 0 Å². The number of nitrogens with one attached hydrogen (secondary N) is 1. The van der Waals surface area contributed by atoms with Gasteiger partial charge in [0.15, 0.2) is 0 Å². The Kier molecular flexibility index (Phi) is 4.44. The molecule has 1 N–H and O–H groups in total. The molecule has 6 nitrogen and oxygen atoms in total. The van der Waals surface area contributed by atoms with E-state index in [1.165, 1.54) is 13.2 Å². The molecule has 0 amide bonds. The molecule has 0 bridgehead atoms. The van der Waals surface area contributed by atoms with E-state index in [0.717, 1.165) is 26.1 Å². The van der Waals surface area contributed by atoms with Crippen LogP contribution in [0.5, 0.6) is 5.75 Å². The van der Waals surface area contributed by atoms with E-state index in [1.54, 1.807) is 12.1 Å². The van der Waals surface area contributed by atoms with Crippen LogP contribution in [-0.2, 0) is 4.74 Å². The summed E-state index contributed by atoms with van der Waals surface area (Å²) in [4.78, 5) is 10.7. The Morgan fingerprint density at radius 3 is 2.75 bits per heavy atom. The molecular weight excluding hydrogens is 260 g/mol. The number of hydrogen-bond donors (Lipinski definition) is 1. The van der Waals surface area contributed by atoms with E-state index in [1.807, 2.05) is 0 Å². The first-order valence-electron chi connectivity index (χ1n) is 6.68. The molecular formula is C14H20N2O4. The number of nitrogens with zero attached hydrogens (tertiary/aromatic N) is 1. The summed E-state index contributed by atoms with van der Waals surface area (Å²) in [7, 11) is 1.50. The molecule has 0 aliphatic carbocycles. The summed E-state index contributed by atoms with van der Waals surface area (Å²) in [6, 6.07) is 4.86. The molecule has 1 aromatic carbocycles. The maximum Gasteiger partial charge on any atom is 0.296 e. The first kappa shape index (κ1) is 14.6. The summed E-state index contributed by atoms with van der Waals surface area (Å²) in [5.74, 6) is 0.486. The predicted octanol–water partition coefficient (Wildman–Crippen LogP) is 2.83. The average molecular weight is 280 g/mol. The standard InChI is InChI=1S/C14H20N2O4/c1-14(5-7-20-8-6-14)10-15-12-4-3-11(19-2)9-13(12)16(17)18/h3-4,9,15H,5-8,10H2,1-2H3. The molecule has 0 aromatic heterocycles. The summed E-state index contributed by atoms with van der Waals surface area (Å²) in [5, 5.41) is 14.3. The first-order chi connectivity index (χ1) is 9.54. The van der Waals surface area contributed by atoms with Gasteiger partial charge in [-0.1, -0.05) is 6.92 Å². The minimum Gasteiger partial charge on any atom is -0.496 e. The van der Waals surface area contributed by atoms with Crippen molar-refractivity contribution in [3.63, 3.8) is 0 Å². The molecule has 0 unspecified atom stereocenters. The molecule has 1 saturated heterocycles. The van der Waals surface area contributed by atoms with Crippen LogP contribution in [0.15, 0.2) is 18.2 Å². The molecule has 6 heteroatoms. The van der Waals surface area contributed by atoms with E-state index < -0.39 is 4.92 Å². The maximum absolute atomic E-state index is 11.1. The van der Waals surface area contributed by atoms with Crippen molar-refractivity contribution in [1.29, 1.82) is 0 Å². The number of nitro groups is 1. The molecule has 1 heterocycles. The second kappa shape index (κ2) is 6.09. The highest BCUT2D eigenvalue weighted by atomic mass is 16.6. The normalized spacial score (nSPS) is 17.5. The molecule has 1 aliphatic heterocycles. The Hall–Kier alpha value is -1.82. The number of anilines is 1. The van der Waals surface area contributed by atoms with E-state index in [-0.39, 0.29) is 11.1 Å². The average Bonchev–Trinajstić information content (AvgIpc) is 2.45. The third-order valence-corrected chi connectivity index (χ3v) is 3.81. The van der Waals surface area contributed by atoms with Gasteiger partial charge < -0.3 is 14.8 Å². The second-order valence-corrected chi connectivity index (χ2v) is 5.42. The molecule has 110 valence electrons. The fourth-order valence-corrected chi connectivity index (χ4v) is 2.29. The monoisotopic (exact) mass is 280 g/mol. The second-order valence-electron chi connectivity index (χ2n) is 5.42. The van der Waals surface area contributed by atoms with Crippen LogP contribution < -0.4 is 10.1 Å². The Morgan fingerprint density at radius 1 is 1.45 bits per heavy atom. The third-order valence-electron chi connectivity index (χ3n) is 3.81. The van der Waals surface area contributed by atoms with Crippen molar-refractivity contribution >= 4 is 11.4 Å². The van der Waals surface area contributed by atoms with Crippen LogP contribution in [0, 0.1) is 15.5 Å². The van der Waals surface area contributed by atoms with Gasteiger partial charge in [-0.15, -0.1) is 0 Å². The van der Waals surface area contributed by atoms with Gasteiger partial charge in [0.2, 0.25) is 0 Å². The lowest BCUT2D eigenvalue weighted by molar-refractivity contribution is -0.384. The molecule has 0 atom stereocenters. The smallest absolute Gasteiger partial charge is 0.296 e. The Labute approximate surface area is 118 Å². The number of ether oxygens (including phenoxy) is 2. The van der Waals surface area contributed by atoms with Crippen molar-refractivity contribution in [2.45, 2.75) is 19.8 Å². The summed E-state index contributed by atoms with van der Waals surface area (Å²) < 4.78 is 10.4. The third kappa shape index (κ3) is 3.39. The lowest BCUT2D eigenvalue weighted by atomic mass is 9.82. The van der Waals surface area contributed by atoms with Gasteiger partial charge in [0.25, 0.3) is 5.69 Å². The Morgan fingerprint density at radius 2 is 2.15 bits per heavy atom. The summed E-state index contributed by atoms with van der Waals surface area (Å²) >= 11 is 0. The zero-order valence-corrected chi connectivity index (χ0v) is 11.8. The minimum atomic E-state index is -0.392. The topological polar surface area (TPSA) is 73.6 Å². The molecule has 0 spiro atoms. The van der Waals surface area contributed by atoms with Gasteiger partial charge in [-0.25, -0.2) is 0 Å². The molecule has 0 saturated carbocycles. The number of hydrogen-bond acceptors (Lipinski definition) is 5. The van der Waals surface area contributed by atoms with Crippen LogP contribution in [0.2, 0.25) is 0 Å². The van der Waals surface area contributed by atoms with Crippen LogP contribution in [0.3, 0.4) is 0 Å². The predicted molar refractivity (Wildman–Crippen MR) is 76.3 cm³/mol. The van der Waals surface area contributed by atoms with E-state index in [0.29, 0.717) is 18.0 Å². The summed E-state index contributed by atoms with van der Waals surface area (Å²) in [6.45, 7) is 4.38. The first-order valence-corrected chi connectivity index (χ1v) is 6.68. The van der Waals surface area contributed by atoms with Crippen molar-refractivity contribution in [3.8, 4) is 5.75 Å². The van der Waals surface area contributed by atoms with Gasteiger partial charge >= 0.3 is 0 Å². The molecule has 1 aromatic rings. The van der Waals surface area contributed by atoms with Gasteiger partial charge in [0, 0.05) is 19.8 Å². The number of methoxy groups -OCH3 is 1. The van der Waals surface area contributed by atoms with Crippen molar-refractivity contribution in [2.24, 2.45) is 5.41 Å². The minimum absolute atomic E-state index is 0.0417. The Bertz CT molecular complexity index is 484. The fourth-order valence-electron chi connectivity index (χ4n) is 2.29. The van der Waals surface area contributed by atoms with Gasteiger partial charge in [-0.2, -0.15) is 0 Å². The Balaban J connectivity index is 2.10. The van der Waals surface area contributed by atoms with Crippen LogP contribution in [0.4, 0.5) is 11.4 Å². The van der Waals surface area contributed by atoms with Gasteiger partial charge in [0.05, 0.1) is 18.1 Å². The number of nitro benzene ring substituents is 1. The zero-order chi connectivity index (χ0) is 14.6. The van der Waals surface area contributed by atoms with Gasteiger partial charge in [-0.05, 0) is 30.4 Å².